The van der Waals surface area contributed by atoms with Crippen LogP contribution in [0.5, 0.6) is 0 Å². The van der Waals surface area contributed by atoms with Gasteiger partial charge >= 0.3 is 0 Å². The summed E-state index contributed by atoms with van der Waals surface area (Å²) in [6.45, 7) is 10.8. The molecule has 0 unspecified atom stereocenters. The number of nitrogens with one attached hydrogen (secondary N) is 2. The number of nitrogens with zero attached hydrogens (tertiary/aromatic N) is 2. The van der Waals surface area contributed by atoms with Crippen molar-refractivity contribution in [3.8, 4) is 0 Å². The highest BCUT2D eigenvalue weighted by Crippen LogP contribution is 2.11. The number of carbonyl (C=O) groups excluding carboxylic acids is 1. The summed E-state index contributed by atoms with van der Waals surface area (Å²) in [5.74, 6) is 0.604. The molecule has 1 aromatic rings. The van der Waals surface area contributed by atoms with Gasteiger partial charge in [-0.3, -0.25) is 4.79 Å². The lowest BCUT2D eigenvalue weighted by molar-refractivity contribution is 0.0949. The first-order chi connectivity index (χ1) is 10.2. The Morgan fingerprint density at radius 1 is 1.19 bits per heavy atom. The number of aromatic nitrogens is 1. The van der Waals surface area contributed by atoms with Crippen molar-refractivity contribution in [3.05, 3.63) is 23.9 Å². The minimum absolute atomic E-state index is 0.0609. The summed E-state index contributed by atoms with van der Waals surface area (Å²) < 4.78 is 0. The zero-order valence-electron chi connectivity index (χ0n) is 13.5. The van der Waals surface area contributed by atoms with E-state index in [0.717, 1.165) is 39.0 Å². The predicted molar refractivity (Wildman–Crippen MR) is 87.8 cm³/mol. The van der Waals surface area contributed by atoms with Gasteiger partial charge < -0.3 is 15.5 Å². The molecule has 2 N–H and O–H groups in total. The standard InChI is InChI=1S/C16H28N4O/c1-4-9-17-15-14(8-7-10-18-15)16(21)19-11-13-20(6-3)12-5-2/h7-8,10H,4-6,9,11-13H2,1-3H3,(H,17,18)(H,19,21). The van der Waals surface area contributed by atoms with Crippen molar-refractivity contribution in [3.63, 3.8) is 0 Å². The second-order valence-corrected chi connectivity index (χ2v) is 5.02. The number of carbonyl (C=O) groups is 1. The second-order valence-electron chi connectivity index (χ2n) is 5.02. The van der Waals surface area contributed by atoms with Crippen molar-refractivity contribution in [1.82, 2.24) is 15.2 Å². The average molecular weight is 292 g/mol. The number of likely N-dealkylation sites (N-methyl/N-ethyl adjacent to an activating group) is 1. The first kappa shape index (κ1) is 17.4. The molecule has 118 valence electrons. The molecule has 0 aromatic carbocycles. The van der Waals surface area contributed by atoms with Crippen LogP contribution >= 0.6 is 0 Å². The predicted octanol–water partition coefficient (Wildman–Crippen LogP) is 2.37. The zero-order chi connectivity index (χ0) is 15.5. The molecule has 1 heterocycles. The molecule has 1 aromatic heterocycles. The quantitative estimate of drug-likeness (QED) is 0.695. The SMILES string of the molecule is CCCNc1ncccc1C(=O)NCCN(CC)CCC. The maximum Gasteiger partial charge on any atom is 0.255 e. The zero-order valence-corrected chi connectivity index (χ0v) is 13.5. The van der Waals surface area contributed by atoms with Gasteiger partial charge in [0.25, 0.3) is 5.91 Å². The van der Waals surface area contributed by atoms with Gasteiger partial charge in [-0.15, -0.1) is 0 Å². The highest BCUT2D eigenvalue weighted by atomic mass is 16.1. The van der Waals surface area contributed by atoms with Gasteiger partial charge in [-0.25, -0.2) is 4.98 Å². The van der Waals surface area contributed by atoms with Crippen molar-refractivity contribution in [2.45, 2.75) is 33.6 Å². The van der Waals surface area contributed by atoms with Gasteiger partial charge in [0.2, 0.25) is 0 Å². The van der Waals surface area contributed by atoms with E-state index in [1.165, 1.54) is 0 Å². The molecular weight excluding hydrogens is 264 g/mol. The summed E-state index contributed by atoms with van der Waals surface area (Å²) in [7, 11) is 0. The largest absolute Gasteiger partial charge is 0.369 e. The van der Waals surface area contributed by atoms with Crippen LogP contribution in [0.2, 0.25) is 0 Å². The van der Waals surface area contributed by atoms with Crippen LogP contribution in [-0.2, 0) is 0 Å². The van der Waals surface area contributed by atoms with Crippen LogP contribution in [0.3, 0.4) is 0 Å². The fourth-order valence-corrected chi connectivity index (χ4v) is 2.14. The summed E-state index contributed by atoms with van der Waals surface area (Å²) in [4.78, 5) is 18.8. The number of anilines is 1. The maximum absolute atomic E-state index is 12.2. The molecule has 0 saturated carbocycles. The first-order valence-electron chi connectivity index (χ1n) is 7.92. The summed E-state index contributed by atoms with van der Waals surface area (Å²) in [6.07, 6.45) is 3.84. The third-order valence-electron chi connectivity index (χ3n) is 3.30. The lowest BCUT2D eigenvalue weighted by atomic mass is 10.2. The Kier molecular flexibility index (Phi) is 8.43. The minimum atomic E-state index is -0.0609. The van der Waals surface area contributed by atoms with E-state index in [2.05, 4.69) is 41.3 Å². The summed E-state index contributed by atoms with van der Waals surface area (Å²) >= 11 is 0. The van der Waals surface area contributed by atoms with Crippen LogP contribution in [-0.4, -0.2) is 48.5 Å². The second kappa shape index (κ2) is 10.2. The number of hydrogen-bond acceptors (Lipinski definition) is 4. The Labute approximate surface area is 128 Å². The fraction of sp³-hybridized carbons (Fsp3) is 0.625. The van der Waals surface area contributed by atoms with Gasteiger partial charge in [0.1, 0.15) is 5.82 Å². The van der Waals surface area contributed by atoms with Crippen LogP contribution in [0.15, 0.2) is 18.3 Å². The van der Waals surface area contributed by atoms with Crippen molar-refractivity contribution < 1.29 is 4.79 Å². The summed E-state index contributed by atoms with van der Waals surface area (Å²) in [5.41, 5.74) is 0.615. The van der Waals surface area contributed by atoms with E-state index in [1.807, 2.05) is 6.07 Å². The van der Waals surface area contributed by atoms with Gasteiger partial charge in [0.15, 0.2) is 0 Å². The van der Waals surface area contributed by atoms with Crippen LogP contribution in [0, 0.1) is 0 Å². The Balaban J connectivity index is 2.51. The molecule has 5 heteroatoms. The molecule has 1 amide bonds. The topological polar surface area (TPSA) is 57.3 Å². The number of pyridine rings is 1. The molecule has 0 aliphatic rings. The van der Waals surface area contributed by atoms with Crippen LogP contribution in [0.25, 0.3) is 0 Å². The molecule has 0 aliphatic carbocycles. The van der Waals surface area contributed by atoms with Crippen LogP contribution < -0.4 is 10.6 Å². The van der Waals surface area contributed by atoms with E-state index < -0.39 is 0 Å². The highest BCUT2D eigenvalue weighted by Gasteiger charge is 2.11. The number of amides is 1. The van der Waals surface area contributed by atoms with Gasteiger partial charge in [-0.1, -0.05) is 20.8 Å². The third kappa shape index (κ3) is 6.12. The minimum Gasteiger partial charge on any atom is -0.369 e. The molecule has 0 fully saturated rings. The van der Waals surface area contributed by atoms with E-state index in [4.69, 9.17) is 0 Å². The van der Waals surface area contributed by atoms with Crippen molar-refractivity contribution in [2.24, 2.45) is 0 Å². The molecule has 0 spiro atoms. The Bertz CT molecular complexity index is 422. The molecule has 0 bridgehead atoms. The van der Waals surface area contributed by atoms with Crippen molar-refractivity contribution >= 4 is 11.7 Å². The molecular formula is C16H28N4O. The van der Waals surface area contributed by atoms with Crippen LogP contribution in [0.1, 0.15) is 44.0 Å². The van der Waals surface area contributed by atoms with Gasteiger partial charge in [-0.05, 0) is 38.1 Å². The maximum atomic E-state index is 12.2. The molecule has 21 heavy (non-hydrogen) atoms. The van der Waals surface area contributed by atoms with Gasteiger partial charge in [0, 0.05) is 25.8 Å². The monoisotopic (exact) mass is 292 g/mol. The Morgan fingerprint density at radius 2 is 2.00 bits per heavy atom. The normalized spacial score (nSPS) is 10.7. The molecule has 0 atom stereocenters. The molecule has 0 aliphatic heterocycles. The first-order valence-corrected chi connectivity index (χ1v) is 7.92. The lowest BCUT2D eigenvalue weighted by Crippen LogP contribution is -2.35. The summed E-state index contributed by atoms with van der Waals surface area (Å²) in [6, 6.07) is 3.60. The van der Waals surface area contributed by atoms with E-state index >= 15 is 0 Å². The van der Waals surface area contributed by atoms with Crippen molar-refractivity contribution in [2.75, 3.05) is 38.0 Å². The molecule has 1 rings (SSSR count). The Morgan fingerprint density at radius 3 is 2.67 bits per heavy atom. The third-order valence-corrected chi connectivity index (χ3v) is 3.30. The van der Waals surface area contributed by atoms with E-state index in [0.29, 0.717) is 17.9 Å². The average Bonchev–Trinajstić information content (AvgIpc) is 2.52. The lowest BCUT2D eigenvalue weighted by Gasteiger charge is -2.19. The van der Waals surface area contributed by atoms with E-state index in [9.17, 15) is 4.79 Å². The smallest absolute Gasteiger partial charge is 0.255 e. The van der Waals surface area contributed by atoms with E-state index in [-0.39, 0.29) is 5.91 Å². The highest BCUT2D eigenvalue weighted by molar-refractivity contribution is 5.98. The van der Waals surface area contributed by atoms with E-state index in [1.54, 1.807) is 12.3 Å². The van der Waals surface area contributed by atoms with Gasteiger partial charge in [-0.2, -0.15) is 0 Å². The van der Waals surface area contributed by atoms with Crippen LogP contribution in [0.4, 0.5) is 5.82 Å². The Hall–Kier alpha value is -1.62. The molecule has 0 saturated heterocycles. The fourth-order valence-electron chi connectivity index (χ4n) is 2.14. The molecule has 5 nitrogen and oxygen atoms in total. The summed E-state index contributed by atoms with van der Waals surface area (Å²) in [5, 5.41) is 6.17. The molecule has 0 radical (unpaired) electrons. The van der Waals surface area contributed by atoms with Gasteiger partial charge in [0.05, 0.1) is 5.56 Å². The number of hydrogen-bond donors (Lipinski definition) is 2. The number of rotatable bonds is 10. The van der Waals surface area contributed by atoms with Crippen molar-refractivity contribution in [1.29, 1.82) is 0 Å².